The first kappa shape index (κ1) is 19.1. The van der Waals surface area contributed by atoms with E-state index >= 15 is 0 Å². The lowest BCUT2D eigenvalue weighted by atomic mass is 10.0. The molecule has 29 heavy (non-hydrogen) atoms. The Labute approximate surface area is 170 Å². The molecule has 0 saturated carbocycles. The fourth-order valence-corrected chi connectivity index (χ4v) is 3.67. The third-order valence-corrected chi connectivity index (χ3v) is 5.21. The van der Waals surface area contributed by atoms with E-state index in [-0.39, 0.29) is 24.3 Å². The van der Waals surface area contributed by atoms with Gasteiger partial charge in [0.05, 0.1) is 19.1 Å². The molecule has 1 amide bonds. The van der Waals surface area contributed by atoms with Gasteiger partial charge in [-0.1, -0.05) is 42.5 Å². The summed E-state index contributed by atoms with van der Waals surface area (Å²) in [6.07, 6.45) is 4.07. The Balaban J connectivity index is 1.37. The number of carbonyl (C=O) groups excluding carboxylic acids is 2. The van der Waals surface area contributed by atoms with Gasteiger partial charge in [-0.3, -0.25) is 14.3 Å². The molecule has 2 aromatic carbocycles. The molecular formula is C23H24N4O2. The van der Waals surface area contributed by atoms with E-state index in [1.165, 1.54) is 0 Å². The van der Waals surface area contributed by atoms with Crippen molar-refractivity contribution >= 4 is 11.7 Å². The predicted molar refractivity (Wildman–Crippen MR) is 111 cm³/mol. The number of aromatic nitrogens is 2. The molecule has 2 heterocycles. The largest absolute Gasteiger partial charge is 0.327 e. The molecule has 3 aromatic rings. The number of ketones is 1. The lowest BCUT2D eigenvalue weighted by Gasteiger charge is -2.24. The number of Topliss-reactive ketones (excluding diaryl/α,β-unsaturated/α-hetero) is 1. The highest BCUT2D eigenvalue weighted by Crippen LogP contribution is 2.22. The summed E-state index contributed by atoms with van der Waals surface area (Å²) < 4.78 is 1.85. The maximum Gasteiger partial charge on any atom is 0.254 e. The summed E-state index contributed by atoms with van der Waals surface area (Å²) in [7, 11) is 0. The van der Waals surface area contributed by atoms with E-state index in [1.807, 2.05) is 71.5 Å². The normalized spacial score (nSPS) is 16.3. The molecule has 1 fully saturated rings. The Hall–Kier alpha value is -3.25. The van der Waals surface area contributed by atoms with Gasteiger partial charge in [0.1, 0.15) is 0 Å². The number of benzene rings is 2. The Morgan fingerprint density at radius 1 is 1.03 bits per heavy atom. The first-order chi connectivity index (χ1) is 14.2. The van der Waals surface area contributed by atoms with Crippen LogP contribution in [0.1, 0.15) is 16.8 Å². The molecular weight excluding hydrogens is 364 g/mol. The first-order valence-corrected chi connectivity index (χ1v) is 9.87. The third kappa shape index (κ3) is 4.60. The molecule has 6 nitrogen and oxygen atoms in total. The van der Waals surface area contributed by atoms with Gasteiger partial charge in [-0.2, -0.15) is 5.10 Å². The van der Waals surface area contributed by atoms with E-state index in [9.17, 15) is 9.59 Å². The fraction of sp³-hybridized carbons (Fsp3) is 0.261. The van der Waals surface area contributed by atoms with Crippen molar-refractivity contribution < 1.29 is 9.59 Å². The average Bonchev–Trinajstić information content (AvgIpc) is 3.41. The molecule has 1 N–H and O–H groups in total. The van der Waals surface area contributed by atoms with Gasteiger partial charge in [-0.05, 0) is 29.3 Å². The molecule has 6 heteroatoms. The second-order valence-corrected chi connectivity index (χ2v) is 7.25. The van der Waals surface area contributed by atoms with E-state index in [0.717, 1.165) is 24.2 Å². The third-order valence-electron chi connectivity index (χ3n) is 5.21. The van der Waals surface area contributed by atoms with Crippen molar-refractivity contribution in [2.24, 2.45) is 0 Å². The van der Waals surface area contributed by atoms with Crippen LogP contribution in [-0.4, -0.2) is 52.0 Å². The van der Waals surface area contributed by atoms with Crippen molar-refractivity contribution in [1.29, 1.82) is 0 Å². The van der Waals surface area contributed by atoms with Crippen LogP contribution in [0.15, 0.2) is 73.1 Å². The summed E-state index contributed by atoms with van der Waals surface area (Å²) in [6.45, 7) is 2.27. The number of hydrogen-bond acceptors (Lipinski definition) is 4. The van der Waals surface area contributed by atoms with Crippen LogP contribution >= 0.6 is 0 Å². The highest BCUT2D eigenvalue weighted by Gasteiger charge is 2.34. The topological polar surface area (TPSA) is 67.2 Å². The molecule has 1 unspecified atom stereocenters. The van der Waals surface area contributed by atoms with Gasteiger partial charge < -0.3 is 10.2 Å². The Kier molecular flexibility index (Phi) is 5.81. The highest BCUT2D eigenvalue weighted by atomic mass is 16.2. The molecule has 1 aromatic heterocycles. The molecule has 148 valence electrons. The van der Waals surface area contributed by atoms with Crippen LogP contribution in [0.3, 0.4) is 0 Å². The van der Waals surface area contributed by atoms with Crippen molar-refractivity contribution in [2.75, 3.05) is 19.6 Å². The molecule has 0 aliphatic carbocycles. The predicted octanol–water partition coefficient (Wildman–Crippen LogP) is 2.62. The van der Waals surface area contributed by atoms with Gasteiger partial charge in [0.25, 0.3) is 5.91 Å². The number of rotatable bonds is 7. The standard InChI is InChI=1S/C23H24N4O2/c28-22-15-21(16-24-12-14-26-13-4-11-25-26)27(17-22)23(29)20-9-7-19(8-10-20)18-5-2-1-3-6-18/h1-11,13,21,24H,12,14-17H2. The molecule has 4 rings (SSSR count). The van der Waals surface area contributed by atoms with Crippen molar-refractivity contribution in [3.63, 3.8) is 0 Å². The number of amides is 1. The Bertz CT molecular complexity index is 952. The van der Waals surface area contributed by atoms with Crippen LogP contribution < -0.4 is 5.32 Å². The summed E-state index contributed by atoms with van der Waals surface area (Å²) in [5.74, 6) is 0.0208. The van der Waals surface area contributed by atoms with Crippen LogP contribution in [0.2, 0.25) is 0 Å². The minimum atomic E-state index is -0.110. The van der Waals surface area contributed by atoms with Gasteiger partial charge >= 0.3 is 0 Å². The number of nitrogens with zero attached hydrogens (tertiary/aromatic N) is 3. The van der Waals surface area contributed by atoms with Crippen molar-refractivity contribution in [1.82, 2.24) is 20.0 Å². The SMILES string of the molecule is O=C1CC(CNCCn2cccn2)N(C(=O)c2ccc(-c3ccccc3)cc2)C1. The summed E-state index contributed by atoms with van der Waals surface area (Å²) in [4.78, 5) is 26.7. The maximum absolute atomic E-state index is 13.0. The maximum atomic E-state index is 13.0. The van der Waals surface area contributed by atoms with E-state index in [4.69, 9.17) is 0 Å². The first-order valence-electron chi connectivity index (χ1n) is 9.87. The molecule has 1 aliphatic heterocycles. The number of nitrogens with one attached hydrogen (secondary N) is 1. The highest BCUT2D eigenvalue weighted by molar-refractivity contribution is 5.99. The van der Waals surface area contributed by atoms with Gasteiger partial charge in [0.15, 0.2) is 5.78 Å². The number of likely N-dealkylation sites (tertiary alicyclic amines) is 1. The number of hydrogen-bond donors (Lipinski definition) is 1. The van der Waals surface area contributed by atoms with Crippen molar-refractivity contribution in [3.8, 4) is 11.1 Å². The smallest absolute Gasteiger partial charge is 0.254 e. The van der Waals surface area contributed by atoms with E-state index in [0.29, 0.717) is 18.5 Å². The van der Waals surface area contributed by atoms with Crippen LogP contribution in [0.4, 0.5) is 0 Å². The zero-order valence-corrected chi connectivity index (χ0v) is 16.2. The molecule has 1 atom stereocenters. The van der Waals surface area contributed by atoms with Gasteiger partial charge in [-0.25, -0.2) is 0 Å². The Morgan fingerprint density at radius 2 is 1.79 bits per heavy atom. The minimum absolute atomic E-state index is 0.0886. The molecule has 0 spiro atoms. The van der Waals surface area contributed by atoms with Crippen LogP contribution in [0, 0.1) is 0 Å². The average molecular weight is 388 g/mol. The fourth-order valence-electron chi connectivity index (χ4n) is 3.67. The summed E-state index contributed by atoms with van der Waals surface area (Å²) in [5, 5.41) is 7.51. The van der Waals surface area contributed by atoms with Crippen molar-refractivity contribution in [3.05, 3.63) is 78.6 Å². The molecule has 0 radical (unpaired) electrons. The molecule has 1 aliphatic rings. The van der Waals surface area contributed by atoms with Gasteiger partial charge in [-0.15, -0.1) is 0 Å². The summed E-state index contributed by atoms with van der Waals surface area (Å²) in [5.41, 5.74) is 2.79. The minimum Gasteiger partial charge on any atom is -0.327 e. The zero-order chi connectivity index (χ0) is 20.1. The summed E-state index contributed by atoms with van der Waals surface area (Å²) in [6, 6.07) is 19.4. The van der Waals surface area contributed by atoms with Crippen LogP contribution in [0.25, 0.3) is 11.1 Å². The van der Waals surface area contributed by atoms with Crippen molar-refractivity contribution in [2.45, 2.75) is 19.0 Å². The van der Waals surface area contributed by atoms with Crippen LogP contribution in [0.5, 0.6) is 0 Å². The van der Waals surface area contributed by atoms with E-state index < -0.39 is 0 Å². The quantitative estimate of drug-likeness (QED) is 0.632. The van der Waals surface area contributed by atoms with Crippen LogP contribution in [-0.2, 0) is 11.3 Å². The molecule has 1 saturated heterocycles. The number of carbonyl (C=O) groups is 2. The second-order valence-electron chi connectivity index (χ2n) is 7.25. The van der Waals surface area contributed by atoms with Gasteiger partial charge in [0, 0.05) is 37.5 Å². The van der Waals surface area contributed by atoms with E-state index in [1.54, 1.807) is 11.1 Å². The summed E-state index contributed by atoms with van der Waals surface area (Å²) >= 11 is 0. The van der Waals surface area contributed by atoms with E-state index in [2.05, 4.69) is 10.4 Å². The molecule has 0 bridgehead atoms. The Morgan fingerprint density at radius 3 is 2.52 bits per heavy atom. The lowest BCUT2D eigenvalue weighted by Crippen LogP contribution is -2.42. The monoisotopic (exact) mass is 388 g/mol. The lowest BCUT2D eigenvalue weighted by molar-refractivity contribution is -0.116. The van der Waals surface area contributed by atoms with Gasteiger partial charge in [0.2, 0.25) is 0 Å². The zero-order valence-electron chi connectivity index (χ0n) is 16.2. The second kappa shape index (κ2) is 8.84.